The molecule has 1 N–H and O–H groups in total. The Bertz CT molecular complexity index is 288. The molecule has 0 bridgehead atoms. The van der Waals surface area contributed by atoms with Crippen LogP contribution in [0.15, 0.2) is 30.3 Å². The van der Waals surface area contributed by atoms with E-state index < -0.39 is 0 Å². The number of hydrogen-bond acceptors (Lipinski definition) is 3. The van der Waals surface area contributed by atoms with E-state index in [1.165, 1.54) is 0 Å². The van der Waals surface area contributed by atoms with Crippen LogP contribution in [0.2, 0.25) is 0 Å². The molecule has 0 fully saturated rings. The van der Waals surface area contributed by atoms with Crippen molar-refractivity contribution in [3.63, 3.8) is 0 Å². The van der Waals surface area contributed by atoms with Crippen LogP contribution in [0, 0.1) is 0 Å². The van der Waals surface area contributed by atoms with Gasteiger partial charge < -0.3 is 9.84 Å². The molecule has 1 rings (SSSR count). The minimum absolute atomic E-state index is 0.237. The van der Waals surface area contributed by atoms with Crippen LogP contribution in [-0.4, -0.2) is 18.2 Å². The minimum atomic E-state index is 0.237. The number of aromatic hydroxyl groups is 1. The number of carbonyl (C=O) groups excluding carboxylic acids is 1. The predicted octanol–water partition coefficient (Wildman–Crippen LogP) is 1.58. The topological polar surface area (TPSA) is 46.5 Å². The van der Waals surface area contributed by atoms with Crippen molar-refractivity contribution in [3.8, 4) is 5.75 Å². The maximum atomic E-state index is 9.77. The first-order chi connectivity index (χ1) is 6.33. The fourth-order valence-corrected chi connectivity index (χ4v) is 0.864. The highest BCUT2D eigenvalue weighted by atomic mass is 16.5. The lowest BCUT2D eigenvalue weighted by atomic mass is 10.2. The van der Waals surface area contributed by atoms with Gasteiger partial charge in [0.2, 0.25) is 0 Å². The van der Waals surface area contributed by atoms with Crippen LogP contribution in [0.5, 0.6) is 5.75 Å². The Morgan fingerprint density at radius 2 is 2.00 bits per heavy atom. The summed E-state index contributed by atoms with van der Waals surface area (Å²) in [6.07, 6.45) is 3.53. The second kappa shape index (κ2) is 4.98. The molecule has 0 heterocycles. The second-order valence-electron chi connectivity index (χ2n) is 2.42. The van der Waals surface area contributed by atoms with Crippen molar-refractivity contribution < 1.29 is 14.6 Å². The number of phenolic OH excluding ortho intramolecular Hbond substituents is 1. The van der Waals surface area contributed by atoms with Crippen molar-refractivity contribution in [2.45, 2.75) is 0 Å². The molecular weight excluding hydrogens is 168 g/mol. The molecule has 0 unspecified atom stereocenters. The fraction of sp³-hybridized carbons (Fsp3) is 0.100. The molecule has 0 aliphatic rings. The van der Waals surface area contributed by atoms with Gasteiger partial charge in [-0.15, -0.1) is 0 Å². The first-order valence-corrected chi connectivity index (χ1v) is 3.84. The van der Waals surface area contributed by atoms with Gasteiger partial charge in [0.05, 0.1) is 0 Å². The van der Waals surface area contributed by atoms with Crippen LogP contribution in [-0.2, 0) is 9.53 Å². The lowest BCUT2D eigenvalue weighted by molar-refractivity contribution is -0.127. The summed E-state index contributed by atoms with van der Waals surface area (Å²) in [5, 5.41) is 8.97. The van der Waals surface area contributed by atoms with Crippen LogP contribution >= 0.6 is 0 Å². The number of hydrogen-bond donors (Lipinski definition) is 1. The van der Waals surface area contributed by atoms with Crippen LogP contribution in [0.25, 0.3) is 6.08 Å². The average molecular weight is 178 g/mol. The van der Waals surface area contributed by atoms with E-state index in [9.17, 15) is 4.79 Å². The number of rotatable bonds is 4. The molecule has 3 nitrogen and oxygen atoms in total. The summed E-state index contributed by atoms with van der Waals surface area (Å²) in [5.41, 5.74) is 0.951. The van der Waals surface area contributed by atoms with Crippen molar-refractivity contribution in [1.82, 2.24) is 0 Å². The highest BCUT2D eigenvalue weighted by Gasteiger charge is 1.86. The molecule has 0 saturated heterocycles. The lowest BCUT2D eigenvalue weighted by Gasteiger charge is -1.93. The zero-order valence-corrected chi connectivity index (χ0v) is 7.01. The maximum absolute atomic E-state index is 9.77. The average Bonchev–Trinajstić information content (AvgIpc) is 2.15. The Balaban J connectivity index is 2.49. The van der Waals surface area contributed by atoms with E-state index in [0.29, 0.717) is 6.47 Å². The van der Waals surface area contributed by atoms with Crippen molar-refractivity contribution in [1.29, 1.82) is 0 Å². The van der Waals surface area contributed by atoms with Gasteiger partial charge in [0.1, 0.15) is 12.4 Å². The highest BCUT2D eigenvalue weighted by Crippen LogP contribution is 2.10. The zero-order valence-electron chi connectivity index (χ0n) is 7.01. The number of carbonyl (C=O) groups is 1. The van der Waals surface area contributed by atoms with E-state index in [-0.39, 0.29) is 12.4 Å². The van der Waals surface area contributed by atoms with Gasteiger partial charge in [-0.2, -0.15) is 0 Å². The molecule has 0 aliphatic heterocycles. The van der Waals surface area contributed by atoms with Crippen molar-refractivity contribution in [3.05, 3.63) is 35.9 Å². The Hall–Kier alpha value is -1.77. The molecule has 68 valence electrons. The molecule has 0 atom stereocenters. The largest absolute Gasteiger partial charge is 0.508 e. The fourth-order valence-electron chi connectivity index (χ4n) is 0.864. The van der Waals surface area contributed by atoms with Gasteiger partial charge in [0.15, 0.2) is 0 Å². The minimum Gasteiger partial charge on any atom is -0.508 e. The summed E-state index contributed by atoms with van der Waals surface area (Å²) in [5.74, 6) is 0.237. The molecule has 0 spiro atoms. The molecule has 1 aromatic rings. The van der Waals surface area contributed by atoms with E-state index in [4.69, 9.17) is 5.11 Å². The SMILES string of the molecule is O=COCC=Cc1ccc(O)cc1. The van der Waals surface area contributed by atoms with Crippen molar-refractivity contribution in [2.24, 2.45) is 0 Å². The third-order valence-electron chi connectivity index (χ3n) is 1.46. The first kappa shape index (κ1) is 9.32. The Kier molecular flexibility index (Phi) is 3.57. The second-order valence-corrected chi connectivity index (χ2v) is 2.42. The van der Waals surface area contributed by atoms with Crippen molar-refractivity contribution >= 4 is 12.5 Å². The summed E-state index contributed by atoms with van der Waals surface area (Å²) in [6.45, 7) is 0.672. The first-order valence-electron chi connectivity index (χ1n) is 3.84. The van der Waals surface area contributed by atoms with Gasteiger partial charge in [0.25, 0.3) is 6.47 Å². The molecule has 13 heavy (non-hydrogen) atoms. The number of benzene rings is 1. The molecule has 0 saturated carbocycles. The molecule has 0 amide bonds. The molecule has 0 radical (unpaired) electrons. The number of ether oxygens (including phenoxy) is 1. The van der Waals surface area contributed by atoms with Gasteiger partial charge in [-0.05, 0) is 23.8 Å². The Labute approximate surface area is 76.3 Å². The van der Waals surface area contributed by atoms with Crippen LogP contribution in [0.1, 0.15) is 5.56 Å². The summed E-state index contributed by atoms with van der Waals surface area (Å²) in [6, 6.07) is 6.74. The van der Waals surface area contributed by atoms with Gasteiger partial charge in [-0.25, -0.2) is 0 Å². The summed E-state index contributed by atoms with van der Waals surface area (Å²) in [7, 11) is 0. The van der Waals surface area contributed by atoms with E-state index in [0.717, 1.165) is 5.56 Å². The third-order valence-corrected chi connectivity index (χ3v) is 1.46. The van der Waals surface area contributed by atoms with Gasteiger partial charge in [-0.1, -0.05) is 18.2 Å². The molecular formula is C10H10O3. The van der Waals surface area contributed by atoms with E-state index >= 15 is 0 Å². The van der Waals surface area contributed by atoms with Gasteiger partial charge >= 0.3 is 0 Å². The van der Waals surface area contributed by atoms with E-state index in [2.05, 4.69) is 4.74 Å². The molecule has 3 heteroatoms. The standard InChI is InChI=1S/C10H10O3/c11-8-13-7-1-2-9-3-5-10(12)6-4-9/h1-6,8,12H,7H2. The Morgan fingerprint density at radius 1 is 1.31 bits per heavy atom. The highest BCUT2D eigenvalue weighted by molar-refractivity contribution is 5.50. The van der Waals surface area contributed by atoms with Crippen LogP contribution in [0.3, 0.4) is 0 Å². The summed E-state index contributed by atoms with van der Waals surface area (Å²) < 4.78 is 4.46. The monoisotopic (exact) mass is 178 g/mol. The summed E-state index contributed by atoms with van der Waals surface area (Å²) in [4.78, 5) is 9.77. The summed E-state index contributed by atoms with van der Waals surface area (Å²) >= 11 is 0. The Morgan fingerprint density at radius 3 is 2.62 bits per heavy atom. The van der Waals surface area contributed by atoms with Gasteiger partial charge in [0, 0.05) is 0 Å². The molecule has 1 aromatic carbocycles. The predicted molar refractivity (Wildman–Crippen MR) is 49.2 cm³/mol. The normalized spacial score (nSPS) is 10.2. The smallest absolute Gasteiger partial charge is 0.293 e. The molecule has 0 aromatic heterocycles. The number of phenols is 1. The lowest BCUT2D eigenvalue weighted by Crippen LogP contribution is -1.85. The van der Waals surface area contributed by atoms with Gasteiger partial charge in [-0.3, -0.25) is 4.79 Å². The van der Waals surface area contributed by atoms with Crippen LogP contribution < -0.4 is 0 Å². The third kappa shape index (κ3) is 3.42. The van der Waals surface area contributed by atoms with Crippen molar-refractivity contribution in [2.75, 3.05) is 6.61 Å². The quantitative estimate of drug-likeness (QED) is 0.562. The van der Waals surface area contributed by atoms with E-state index in [1.807, 2.05) is 6.08 Å². The maximum Gasteiger partial charge on any atom is 0.293 e. The van der Waals surface area contributed by atoms with Crippen LogP contribution in [0.4, 0.5) is 0 Å². The zero-order chi connectivity index (χ0) is 9.52. The van der Waals surface area contributed by atoms with E-state index in [1.54, 1.807) is 30.3 Å². The molecule has 0 aliphatic carbocycles.